The summed E-state index contributed by atoms with van der Waals surface area (Å²) in [6.07, 6.45) is 0. The Hall–Kier alpha value is -1.31. The Bertz CT molecular complexity index is 342. The molecule has 0 bridgehead atoms. The zero-order chi connectivity index (χ0) is 8.72. The number of ether oxygens (including phenoxy) is 1. The van der Waals surface area contributed by atoms with Gasteiger partial charge in [0.25, 0.3) is 0 Å². The van der Waals surface area contributed by atoms with Gasteiger partial charge in [0.15, 0.2) is 0 Å². The van der Waals surface area contributed by atoms with E-state index in [4.69, 9.17) is 4.74 Å². The molecule has 1 aliphatic heterocycles. The average molecular weight is 162 g/mol. The first-order valence-corrected chi connectivity index (χ1v) is 4.01. The standard InChI is InChI=1S/C10H10O2/c1-6-3-4-8-7(2)10(11)12-9(8)5-6/h3-5,7H,1-2H3/t7-/m1/s1. The third-order valence-electron chi connectivity index (χ3n) is 2.20. The van der Waals surface area contributed by atoms with Crippen LogP contribution in [-0.2, 0) is 4.79 Å². The molecule has 12 heavy (non-hydrogen) atoms. The summed E-state index contributed by atoms with van der Waals surface area (Å²) in [4.78, 5) is 11.1. The molecule has 0 saturated carbocycles. The topological polar surface area (TPSA) is 26.3 Å². The predicted octanol–water partition coefficient (Wildman–Crippen LogP) is 2.02. The molecule has 0 aromatic heterocycles. The largest absolute Gasteiger partial charge is 0.426 e. The van der Waals surface area contributed by atoms with Crippen molar-refractivity contribution in [2.45, 2.75) is 19.8 Å². The number of esters is 1. The van der Waals surface area contributed by atoms with Gasteiger partial charge in [-0.3, -0.25) is 4.79 Å². The maximum atomic E-state index is 11.1. The fourth-order valence-corrected chi connectivity index (χ4v) is 1.41. The van der Waals surface area contributed by atoms with Gasteiger partial charge in [-0.25, -0.2) is 0 Å². The van der Waals surface area contributed by atoms with Gasteiger partial charge in [0.05, 0.1) is 5.92 Å². The highest BCUT2D eigenvalue weighted by Crippen LogP contribution is 2.34. The van der Waals surface area contributed by atoms with Gasteiger partial charge in [0.2, 0.25) is 0 Å². The van der Waals surface area contributed by atoms with Gasteiger partial charge in [0.1, 0.15) is 5.75 Å². The van der Waals surface area contributed by atoms with Crippen LogP contribution in [0.2, 0.25) is 0 Å². The third kappa shape index (κ3) is 0.916. The van der Waals surface area contributed by atoms with E-state index in [0.717, 1.165) is 16.9 Å². The quantitative estimate of drug-likeness (QED) is 0.431. The summed E-state index contributed by atoms with van der Waals surface area (Å²) >= 11 is 0. The normalized spacial score (nSPS) is 20.5. The zero-order valence-corrected chi connectivity index (χ0v) is 7.13. The van der Waals surface area contributed by atoms with E-state index in [-0.39, 0.29) is 11.9 Å². The van der Waals surface area contributed by atoms with E-state index in [2.05, 4.69) is 0 Å². The van der Waals surface area contributed by atoms with Gasteiger partial charge in [0, 0.05) is 5.56 Å². The van der Waals surface area contributed by atoms with Crippen molar-refractivity contribution in [2.24, 2.45) is 0 Å². The Balaban J connectivity index is 2.54. The molecule has 0 unspecified atom stereocenters. The Labute approximate surface area is 71.2 Å². The van der Waals surface area contributed by atoms with Crippen LogP contribution in [0.3, 0.4) is 0 Å². The molecule has 2 rings (SSSR count). The van der Waals surface area contributed by atoms with Crippen molar-refractivity contribution in [3.63, 3.8) is 0 Å². The molecule has 1 atom stereocenters. The smallest absolute Gasteiger partial charge is 0.318 e. The molecule has 1 aliphatic rings. The second-order valence-electron chi connectivity index (χ2n) is 3.18. The maximum Gasteiger partial charge on any atom is 0.318 e. The van der Waals surface area contributed by atoms with Crippen LogP contribution in [-0.4, -0.2) is 5.97 Å². The maximum absolute atomic E-state index is 11.1. The first-order valence-electron chi connectivity index (χ1n) is 4.01. The third-order valence-corrected chi connectivity index (χ3v) is 2.20. The molecular weight excluding hydrogens is 152 g/mol. The first-order chi connectivity index (χ1) is 5.68. The summed E-state index contributed by atoms with van der Waals surface area (Å²) < 4.78 is 5.06. The summed E-state index contributed by atoms with van der Waals surface area (Å²) in [5, 5.41) is 0. The van der Waals surface area contributed by atoms with Crippen LogP contribution in [0.15, 0.2) is 18.2 Å². The van der Waals surface area contributed by atoms with Crippen molar-refractivity contribution in [3.05, 3.63) is 29.3 Å². The minimum atomic E-state index is -0.143. The van der Waals surface area contributed by atoms with Gasteiger partial charge in [-0.1, -0.05) is 12.1 Å². The molecule has 1 heterocycles. The number of fused-ring (bicyclic) bond motifs is 1. The van der Waals surface area contributed by atoms with Crippen molar-refractivity contribution < 1.29 is 9.53 Å². The molecule has 2 heteroatoms. The monoisotopic (exact) mass is 162 g/mol. The number of hydrogen-bond donors (Lipinski definition) is 0. The van der Waals surface area contributed by atoms with Crippen LogP contribution >= 0.6 is 0 Å². The Morgan fingerprint density at radius 1 is 1.42 bits per heavy atom. The molecule has 0 N–H and O–H groups in total. The Kier molecular flexibility index (Phi) is 1.43. The van der Waals surface area contributed by atoms with Crippen molar-refractivity contribution in [3.8, 4) is 5.75 Å². The molecule has 1 aromatic rings. The lowest BCUT2D eigenvalue weighted by Crippen LogP contribution is -2.05. The molecule has 0 radical (unpaired) electrons. The lowest BCUT2D eigenvalue weighted by atomic mass is 10.0. The fraction of sp³-hybridized carbons (Fsp3) is 0.300. The summed E-state index contributed by atoms with van der Waals surface area (Å²) in [5.74, 6) is 0.490. The van der Waals surface area contributed by atoms with Crippen LogP contribution in [0, 0.1) is 6.92 Å². The molecule has 62 valence electrons. The number of carbonyl (C=O) groups excluding carboxylic acids is 1. The van der Waals surface area contributed by atoms with Crippen molar-refractivity contribution >= 4 is 5.97 Å². The van der Waals surface area contributed by atoms with E-state index in [9.17, 15) is 4.79 Å². The van der Waals surface area contributed by atoms with Crippen LogP contribution < -0.4 is 4.74 Å². The Morgan fingerprint density at radius 2 is 2.17 bits per heavy atom. The highest BCUT2D eigenvalue weighted by atomic mass is 16.5. The van der Waals surface area contributed by atoms with E-state index in [1.807, 2.05) is 32.0 Å². The lowest BCUT2D eigenvalue weighted by molar-refractivity contribution is -0.133. The van der Waals surface area contributed by atoms with Crippen LogP contribution in [0.25, 0.3) is 0 Å². The van der Waals surface area contributed by atoms with E-state index < -0.39 is 0 Å². The lowest BCUT2D eigenvalue weighted by Gasteiger charge is -1.98. The minimum absolute atomic E-state index is 0.0967. The average Bonchev–Trinajstić information content (AvgIpc) is 2.28. The van der Waals surface area contributed by atoms with Crippen LogP contribution in [0.4, 0.5) is 0 Å². The number of carbonyl (C=O) groups is 1. The molecule has 0 saturated heterocycles. The van der Waals surface area contributed by atoms with E-state index in [1.54, 1.807) is 0 Å². The fourth-order valence-electron chi connectivity index (χ4n) is 1.41. The molecule has 1 aromatic carbocycles. The second-order valence-corrected chi connectivity index (χ2v) is 3.18. The minimum Gasteiger partial charge on any atom is -0.426 e. The van der Waals surface area contributed by atoms with Gasteiger partial charge in [-0.2, -0.15) is 0 Å². The Morgan fingerprint density at radius 3 is 2.92 bits per heavy atom. The second kappa shape index (κ2) is 2.34. The van der Waals surface area contributed by atoms with Gasteiger partial charge in [-0.15, -0.1) is 0 Å². The van der Waals surface area contributed by atoms with Gasteiger partial charge in [-0.05, 0) is 25.5 Å². The summed E-state index contributed by atoms with van der Waals surface area (Å²) in [6.45, 7) is 3.85. The number of benzene rings is 1. The van der Waals surface area contributed by atoms with Gasteiger partial charge < -0.3 is 4.74 Å². The molecule has 0 fully saturated rings. The van der Waals surface area contributed by atoms with Crippen molar-refractivity contribution in [1.29, 1.82) is 0 Å². The van der Waals surface area contributed by atoms with Crippen molar-refractivity contribution in [2.75, 3.05) is 0 Å². The summed E-state index contributed by atoms with van der Waals surface area (Å²) in [6, 6.07) is 5.86. The van der Waals surface area contributed by atoms with Gasteiger partial charge >= 0.3 is 5.97 Å². The zero-order valence-electron chi connectivity index (χ0n) is 7.13. The molecule has 2 nitrogen and oxygen atoms in total. The van der Waals surface area contributed by atoms with Crippen LogP contribution in [0.1, 0.15) is 24.0 Å². The van der Waals surface area contributed by atoms with E-state index in [0.29, 0.717) is 0 Å². The highest BCUT2D eigenvalue weighted by Gasteiger charge is 2.28. The molecule has 0 spiro atoms. The van der Waals surface area contributed by atoms with E-state index in [1.165, 1.54) is 0 Å². The SMILES string of the molecule is Cc1ccc2c(c1)OC(=O)[C@@H]2C. The van der Waals surface area contributed by atoms with Crippen LogP contribution in [0.5, 0.6) is 5.75 Å². The number of hydrogen-bond acceptors (Lipinski definition) is 2. The number of rotatable bonds is 0. The first kappa shape index (κ1) is 7.35. The summed E-state index contributed by atoms with van der Waals surface area (Å²) in [5.41, 5.74) is 2.13. The van der Waals surface area contributed by atoms with E-state index >= 15 is 0 Å². The van der Waals surface area contributed by atoms with Crippen molar-refractivity contribution in [1.82, 2.24) is 0 Å². The highest BCUT2D eigenvalue weighted by molar-refractivity contribution is 5.85. The predicted molar refractivity (Wildman–Crippen MR) is 45.2 cm³/mol. The summed E-state index contributed by atoms with van der Waals surface area (Å²) in [7, 11) is 0. The molecule has 0 amide bonds. The molecule has 0 aliphatic carbocycles. The molecular formula is C10H10O2. The number of aryl methyl sites for hydroxylation is 1.